The van der Waals surface area contributed by atoms with Crippen molar-refractivity contribution in [3.8, 4) is 22.5 Å². The first-order valence-electron chi connectivity index (χ1n) is 15.6. The third-order valence-electron chi connectivity index (χ3n) is 9.04. The highest BCUT2D eigenvalue weighted by Gasteiger charge is 2.35. The van der Waals surface area contributed by atoms with Crippen LogP contribution in [-0.2, 0) is 5.41 Å². The molecule has 2 heteroatoms. The van der Waals surface area contributed by atoms with Crippen LogP contribution in [0.5, 0.6) is 0 Å². The topological polar surface area (TPSA) is 9.86 Å². The standard InChI is InChI=1S/C39H28N2/c1-39(2)31-17-9-6-14-27(31)28-21-20-26(24-32(28)39)41-34-19-11-8-16-30(34)38-36(41)23-22-35-37(38)29-15-7-10-18-33(29)40(35)25-12-4-3-5-13-25/h3-24H,1-2H3/i1D3. The van der Waals surface area contributed by atoms with E-state index in [1.165, 1.54) is 27.1 Å². The zero-order valence-electron chi connectivity index (χ0n) is 25.6. The van der Waals surface area contributed by atoms with E-state index in [0.717, 1.165) is 50.2 Å². The van der Waals surface area contributed by atoms with Crippen molar-refractivity contribution < 1.29 is 4.11 Å². The maximum Gasteiger partial charge on any atom is 0.0548 e. The van der Waals surface area contributed by atoms with Crippen molar-refractivity contribution in [2.24, 2.45) is 0 Å². The monoisotopic (exact) mass is 527 g/mol. The van der Waals surface area contributed by atoms with E-state index in [1.54, 1.807) is 0 Å². The number of aromatic nitrogens is 2. The van der Waals surface area contributed by atoms with Gasteiger partial charge in [0.15, 0.2) is 0 Å². The van der Waals surface area contributed by atoms with Gasteiger partial charge in [-0.25, -0.2) is 0 Å². The van der Waals surface area contributed by atoms with E-state index in [9.17, 15) is 0 Å². The molecule has 8 aromatic rings. The molecule has 0 bridgehead atoms. The summed E-state index contributed by atoms with van der Waals surface area (Å²) >= 11 is 0. The Labute approximate surface area is 242 Å². The normalized spacial score (nSPS) is 17.5. The van der Waals surface area contributed by atoms with Gasteiger partial charge in [0.25, 0.3) is 0 Å². The molecule has 1 unspecified atom stereocenters. The lowest BCUT2D eigenvalue weighted by molar-refractivity contribution is 0.660. The van der Waals surface area contributed by atoms with E-state index in [-0.39, 0.29) is 0 Å². The Hall–Kier alpha value is -5.08. The summed E-state index contributed by atoms with van der Waals surface area (Å²) in [6, 6.07) is 46.5. The first kappa shape index (κ1) is 19.9. The highest BCUT2D eigenvalue weighted by atomic mass is 15.0. The Balaban J connectivity index is 1.39. The smallest absolute Gasteiger partial charge is 0.0548 e. The van der Waals surface area contributed by atoms with Gasteiger partial charge in [0.05, 0.1) is 22.1 Å². The quantitative estimate of drug-likeness (QED) is 0.212. The minimum absolute atomic E-state index is 0.851. The van der Waals surface area contributed by atoms with Crippen LogP contribution < -0.4 is 0 Å². The van der Waals surface area contributed by atoms with Crippen molar-refractivity contribution >= 4 is 43.6 Å². The fourth-order valence-corrected chi connectivity index (χ4v) is 7.27. The molecule has 0 aliphatic heterocycles. The molecule has 2 aromatic heterocycles. The van der Waals surface area contributed by atoms with E-state index >= 15 is 0 Å². The number of hydrogen-bond acceptors (Lipinski definition) is 0. The van der Waals surface area contributed by atoms with E-state index in [0.29, 0.717) is 0 Å². The number of benzene rings is 6. The van der Waals surface area contributed by atoms with E-state index in [1.807, 2.05) is 31.2 Å². The van der Waals surface area contributed by atoms with Gasteiger partial charge in [-0.2, -0.15) is 0 Å². The van der Waals surface area contributed by atoms with Crippen molar-refractivity contribution in [1.29, 1.82) is 0 Å². The molecule has 1 aliphatic rings. The first-order chi connectivity index (χ1) is 21.4. The SMILES string of the molecule is [2H]C([2H])([2H])C1(C)c2ccccc2-c2ccc(-n3c4ccccc4c4c5c6ccccc6n(-c6ccccc6)c5ccc43)cc21. The molecule has 0 fully saturated rings. The second-order valence-corrected chi connectivity index (χ2v) is 11.3. The summed E-state index contributed by atoms with van der Waals surface area (Å²) < 4.78 is 30.6. The van der Waals surface area contributed by atoms with Gasteiger partial charge >= 0.3 is 0 Å². The minimum Gasteiger partial charge on any atom is -0.309 e. The van der Waals surface area contributed by atoms with Crippen LogP contribution in [0.2, 0.25) is 0 Å². The highest BCUT2D eigenvalue weighted by molar-refractivity contribution is 6.28. The summed E-state index contributed by atoms with van der Waals surface area (Å²) in [6.45, 7) is -0.332. The second-order valence-electron chi connectivity index (χ2n) is 11.3. The van der Waals surface area contributed by atoms with Gasteiger partial charge in [-0.3, -0.25) is 0 Å². The Morgan fingerprint density at radius 1 is 0.488 bits per heavy atom. The van der Waals surface area contributed by atoms with Crippen molar-refractivity contribution in [3.63, 3.8) is 0 Å². The lowest BCUT2D eigenvalue weighted by atomic mass is 9.82. The molecule has 0 spiro atoms. The van der Waals surface area contributed by atoms with E-state index < -0.39 is 12.3 Å². The number of hydrogen-bond donors (Lipinski definition) is 0. The molecular formula is C39H28N2. The summed E-state index contributed by atoms with van der Waals surface area (Å²) in [5.41, 5.74) is 9.22. The Kier molecular flexibility index (Phi) is 3.88. The molecule has 9 rings (SSSR count). The molecule has 0 amide bonds. The Morgan fingerprint density at radius 2 is 1.05 bits per heavy atom. The molecule has 0 radical (unpaired) electrons. The van der Waals surface area contributed by atoms with Gasteiger partial charge in [0.2, 0.25) is 0 Å². The third-order valence-corrected chi connectivity index (χ3v) is 9.04. The van der Waals surface area contributed by atoms with Crippen molar-refractivity contribution in [2.45, 2.75) is 19.2 Å². The minimum atomic E-state index is -2.21. The van der Waals surface area contributed by atoms with Crippen LogP contribution in [0.25, 0.3) is 66.1 Å². The Morgan fingerprint density at radius 3 is 1.73 bits per heavy atom. The van der Waals surface area contributed by atoms with Crippen LogP contribution in [0.1, 0.15) is 29.0 Å². The molecule has 41 heavy (non-hydrogen) atoms. The molecule has 0 N–H and O–H groups in total. The van der Waals surface area contributed by atoms with Crippen LogP contribution in [-0.4, -0.2) is 9.13 Å². The molecule has 2 nitrogen and oxygen atoms in total. The summed E-state index contributed by atoms with van der Waals surface area (Å²) in [5.74, 6) is 0. The lowest BCUT2D eigenvalue weighted by Gasteiger charge is -2.22. The number of nitrogens with zero attached hydrogens (tertiary/aromatic N) is 2. The molecule has 194 valence electrons. The zero-order chi connectivity index (χ0) is 29.8. The largest absolute Gasteiger partial charge is 0.309 e. The number of rotatable bonds is 2. The van der Waals surface area contributed by atoms with E-state index in [4.69, 9.17) is 4.11 Å². The predicted molar refractivity (Wildman–Crippen MR) is 173 cm³/mol. The zero-order valence-corrected chi connectivity index (χ0v) is 22.6. The van der Waals surface area contributed by atoms with Crippen molar-refractivity contribution in [1.82, 2.24) is 9.13 Å². The van der Waals surface area contributed by atoms with Gasteiger partial charge in [0, 0.05) is 42.4 Å². The third kappa shape index (κ3) is 2.92. The van der Waals surface area contributed by atoms with Crippen LogP contribution in [0, 0.1) is 0 Å². The van der Waals surface area contributed by atoms with E-state index in [2.05, 4.69) is 118 Å². The maximum absolute atomic E-state index is 8.66. The molecule has 6 aromatic carbocycles. The second kappa shape index (κ2) is 7.99. The van der Waals surface area contributed by atoms with Gasteiger partial charge in [-0.05, 0) is 70.8 Å². The summed E-state index contributed by atoms with van der Waals surface area (Å²) in [6.07, 6.45) is 0. The van der Waals surface area contributed by atoms with Gasteiger partial charge in [0.1, 0.15) is 0 Å². The predicted octanol–water partition coefficient (Wildman–Crippen LogP) is 10.2. The summed E-state index contributed by atoms with van der Waals surface area (Å²) in [5, 5.41) is 4.80. The highest BCUT2D eigenvalue weighted by Crippen LogP contribution is 2.50. The fraction of sp³-hybridized carbons (Fsp3) is 0.0769. The van der Waals surface area contributed by atoms with Crippen LogP contribution >= 0.6 is 0 Å². The van der Waals surface area contributed by atoms with Gasteiger partial charge in [-0.1, -0.05) is 98.7 Å². The van der Waals surface area contributed by atoms with Crippen LogP contribution in [0.3, 0.4) is 0 Å². The summed E-state index contributed by atoms with van der Waals surface area (Å²) in [7, 11) is 0. The molecule has 0 saturated carbocycles. The van der Waals surface area contributed by atoms with Crippen LogP contribution in [0.4, 0.5) is 0 Å². The van der Waals surface area contributed by atoms with Gasteiger partial charge < -0.3 is 9.13 Å². The van der Waals surface area contributed by atoms with Crippen LogP contribution in [0.15, 0.2) is 133 Å². The lowest BCUT2D eigenvalue weighted by Crippen LogP contribution is -2.15. The average molecular weight is 528 g/mol. The van der Waals surface area contributed by atoms with Gasteiger partial charge in [-0.15, -0.1) is 0 Å². The molecule has 1 atom stereocenters. The van der Waals surface area contributed by atoms with Crippen molar-refractivity contribution in [2.75, 3.05) is 0 Å². The molecular weight excluding hydrogens is 496 g/mol. The first-order valence-corrected chi connectivity index (χ1v) is 14.1. The Bertz CT molecular complexity index is 2450. The maximum atomic E-state index is 8.66. The molecule has 1 aliphatic carbocycles. The number of fused-ring (bicyclic) bond motifs is 10. The fourth-order valence-electron chi connectivity index (χ4n) is 7.27. The summed E-state index contributed by atoms with van der Waals surface area (Å²) in [4.78, 5) is 0. The average Bonchev–Trinajstić information content (AvgIpc) is 3.65. The van der Waals surface area contributed by atoms with Crippen molar-refractivity contribution in [3.05, 3.63) is 145 Å². The number of para-hydroxylation sites is 3. The molecule has 0 saturated heterocycles. The molecule has 2 heterocycles.